The molecule has 1 saturated heterocycles. The molecule has 5 heteroatoms. The zero-order chi connectivity index (χ0) is 15.4. The SMILES string of the molecule is O=C(NCc1ccc2c(c1)CCC2)NCC1(O)CCOCC1. The average Bonchev–Trinajstić information content (AvgIpc) is 2.99. The molecule has 2 aliphatic rings. The van der Waals surface area contributed by atoms with E-state index >= 15 is 0 Å². The van der Waals surface area contributed by atoms with Gasteiger partial charge in [0.25, 0.3) is 0 Å². The Morgan fingerprint density at radius 1 is 1.18 bits per heavy atom. The average molecular weight is 304 g/mol. The standard InChI is InChI=1S/C17H24N2O3/c20-16(19-12-17(21)6-8-22-9-7-17)18-11-13-4-5-14-2-1-3-15(14)10-13/h4-5,10,21H,1-3,6-9,11-12H2,(H2,18,19,20). The highest BCUT2D eigenvalue weighted by Crippen LogP contribution is 2.22. The van der Waals surface area contributed by atoms with Gasteiger partial charge in [0, 0.05) is 39.1 Å². The van der Waals surface area contributed by atoms with E-state index in [4.69, 9.17) is 4.74 Å². The molecule has 0 saturated carbocycles. The summed E-state index contributed by atoms with van der Waals surface area (Å²) < 4.78 is 5.23. The number of benzene rings is 1. The van der Waals surface area contributed by atoms with Gasteiger partial charge in [0.05, 0.1) is 5.60 Å². The van der Waals surface area contributed by atoms with E-state index in [1.54, 1.807) is 0 Å². The number of rotatable bonds is 4. The van der Waals surface area contributed by atoms with Gasteiger partial charge >= 0.3 is 6.03 Å². The number of amides is 2. The molecule has 1 aromatic carbocycles. The quantitative estimate of drug-likeness (QED) is 0.790. The second kappa shape index (κ2) is 6.67. The van der Waals surface area contributed by atoms with Crippen molar-refractivity contribution in [3.63, 3.8) is 0 Å². The zero-order valence-electron chi connectivity index (χ0n) is 12.9. The van der Waals surface area contributed by atoms with E-state index in [0.717, 1.165) is 12.0 Å². The monoisotopic (exact) mass is 304 g/mol. The van der Waals surface area contributed by atoms with Crippen molar-refractivity contribution >= 4 is 6.03 Å². The van der Waals surface area contributed by atoms with Crippen LogP contribution in [0.4, 0.5) is 4.79 Å². The second-order valence-corrected chi connectivity index (χ2v) is 6.33. The van der Waals surface area contributed by atoms with Gasteiger partial charge < -0.3 is 20.5 Å². The van der Waals surface area contributed by atoms with E-state index in [2.05, 4.69) is 28.8 Å². The number of carbonyl (C=O) groups is 1. The molecule has 1 fully saturated rings. The third-order valence-electron chi connectivity index (χ3n) is 4.62. The Balaban J connectivity index is 1.44. The first kappa shape index (κ1) is 15.3. The summed E-state index contributed by atoms with van der Waals surface area (Å²) in [6.07, 6.45) is 4.68. The van der Waals surface area contributed by atoms with Crippen molar-refractivity contribution in [1.82, 2.24) is 10.6 Å². The summed E-state index contributed by atoms with van der Waals surface area (Å²) in [5.74, 6) is 0. The lowest BCUT2D eigenvalue weighted by Gasteiger charge is -2.32. The van der Waals surface area contributed by atoms with E-state index in [-0.39, 0.29) is 12.6 Å². The number of carbonyl (C=O) groups excluding carboxylic acids is 1. The number of ether oxygens (including phenoxy) is 1. The first-order chi connectivity index (χ1) is 10.6. The van der Waals surface area contributed by atoms with E-state index in [1.807, 2.05) is 0 Å². The van der Waals surface area contributed by atoms with Gasteiger partial charge in [0.15, 0.2) is 0 Å². The van der Waals surface area contributed by atoms with Crippen LogP contribution in [0.15, 0.2) is 18.2 Å². The molecule has 0 aromatic heterocycles. The highest BCUT2D eigenvalue weighted by atomic mass is 16.5. The van der Waals surface area contributed by atoms with Crippen LogP contribution in [-0.2, 0) is 24.1 Å². The van der Waals surface area contributed by atoms with E-state index in [9.17, 15) is 9.90 Å². The number of fused-ring (bicyclic) bond motifs is 1. The summed E-state index contributed by atoms with van der Waals surface area (Å²) >= 11 is 0. The lowest BCUT2D eigenvalue weighted by molar-refractivity contribution is -0.0600. The van der Waals surface area contributed by atoms with Crippen LogP contribution in [0.25, 0.3) is 0 Å². The Labute approximate surface area is 131 Å². The molecule has 3 N–H and O–H groups in total. The van der Waals surface area contributed by atoms with Crippen molar-refractivity contribution < 1.29 is 14.6 Å². The van der Waals surface area contributed by atoms with Gasteiger partial charge in [-0.2, -0.15) is 0 Å². The minimum Gasteiger partial charge on any atom is -0.388 e. The molecule has 1 aliphatic heterocycles. The van der Waals surface area contributed by atoms with E-state index < -0.39 is 5.60 Å². The minimum absolute atomic E-state index is 0.236. The fourth-order valence-electron chi connectivity index (χ4n) is 3.15. The number of hydrogen-bond acceptors (Lipinski definition) is 3. The van der Waals surface area contributed by atoms with E-state index in [1.165, 1.54) is 24.0 Å². The zero-order valence-corrected chi connectivity index (χ0v) is 12.9. The molecular weight excluding hydrogens is 280 g/mol. The molecule has 5 nitrogen and oxygen atoms in total. The van der Waals surface area contributed by atoms with Gasteiger partial charge in [-0.25, -0.2) is 4.79 Å². The molecule has 22 heavy (non-hydrogen) atoms. The number of aliphatic hydroxyl groups is 1. The summed E-state index contributed by atoms with van der Waals surface area (Å²) in [5, 5.41) is 15.9. The molecule has 0 atom stereocenters. The van der Waals surface area contributed by atoms with Crippen molar-refractivity contribution in [3.05, 3.63) is 34.9 Å². The molecule has 1 aromatic rings. The van der Waals surface area contributed by atoms with E-state index in [0.29, 0.717) is 32.6 Å². The van der Waals surface area contributed by atoms with Crippen LogP contribution < -0.4 is 10.6 Å². The number of aryl methyl sites for hydroxylation is 2. The Bertz CT molecular complexity index is 539. The molecule has 0 radical (unpaired) electrons. The van der Waals surface area contributed by atoms with Gasteiger partial charge in [-0.3, -0.25) is 0 Å². The molecule has 120 valence electrons. The third kappa shape index (κ3) is 3.78. The maximum atomic E-state index is 11.9. The molecule has 2 amide bonds. The number of urea groups is 1. The van der Waals surface area contributed by atoms with Crippen molar-refractivity contribution in [3.8, 4) is 0 Å². The van der Waals surface area contributed by atoms with Crippen molar-refractivity contribution in [2.24, 2.45) is 0 Å². The maximum Gasteiger partial charge on any atom is 0.315 e. The topological polar surface area (TPSA) is 70.6 Å². The van der Waals surface area contributed by atoms with Gasteiger partial charge in [0.1, 0.15) is 0 Å². The molecule has 1 heterocycles. The molecule has 1 aliphatic carbocycles. The highest BCUT2D eigenvalue weighted by molar-refractivity contribution is 5.73. The van der Waals surface area contributed by atoms with Gasteiger partial charge in [-0.15, -0.1) is 0 Å². The van der Waals surface area contributed by atoms with Gasteiger partial charge in [0.2, 0.25) is 0 Å². The Morgan fingerprint density at radius 2 is 1.95 bits per heavy atom. The fourth-order valence-corrected chi connectivity index (χ4v) is 3.15. The van der Waals surface area contributed by atoms with Gasteiger partial charge in [-0.05, 0) is 36.0 Å². The summed E-state index contributed by atoms with van der Waals surface area (Å²) in [5.41, 5.74) is 3.15. The number of hydrogen-bond donors (Lipinski definition) is 3. The summed E-state index contributed by atoms with van der Waals surface area (Å²) in [7, 11) is 0. The van der Waals surface area contributed by atoms with Crippen LogP contribution in [-0.4, -0.2) is 36.5 Å². The maximum absolute atomic E-state index is 11.9. The van der Waals surface area contributed by atoms with Crippen LogP contribution in [0.2, 0.25) is 0 Å². The van der Waals surface area contributed by atoms with Crippen LogP contribution in [0.1, 0.15) is 36.0 Å². The molecule has 3 rings (SSSR count). The number of nitrogens with one attached hydrogen (secondary N) is 2. The van der Waals surface area contributed by atoms with Crippen LogP contribution in [0, 0.1) is 0 Å². The highest BCUT2D eigenvalue weighted by Gasteiger charge is 2.30. The Morgan fingerprint density at radius 3 is 2.77 bits per heavy atom. The molecule has 0 spiro atoms. The minimum atomic E-state index is -0.830. The molecule has 0 unspecified atom stereocenters. The lowest BCUT2D eigenvalue weighted by atomic mass is 9.94. The van der Waals surface area contributed by atoms with Crippen molar-refractivity contribution in [2.75, 3.05) is 19.8 Å². The molecule has 0 bridgehead atoms. The van der Waals surface area contributed by atoms with Crippen LogP contribution in [0.5, 0.6) is 0 Å². The third-order valence-corrected chi connectivity index (χ3v) is 4.62. The Kier molecular flexibility index (Phi) is 4.64. The van der Waals surface area contributed by atoms with Crippen LogP contribution >= 0.6 is 0 Å². The normalized spacial score (nSPS) is 19.5. The predicted molar refractivity (Wildman–Crippen MR) is 83.7 cm³/mol. The first-order valence-electron chi connectivity index (χ1n) is 8.07. The summed E-state index contributed by atoms with van der Waals surface area (Å²) in [6.45, 7) is 1.89. The van der Waals surface area contributed by atoms with Gasteiger partial charge in [-0.1, -0.05) is 18.2 Å². The fraction of sp³-hybridized carbons (Fsp3) is 0.588. The summed E-state index contributed by atoms with van der Waals surface area (Å²) in [6, 6.07) is 6.20. The van der Waals surface area contributed by atoms with Crippen molar-refractivity contribution in [2.45, 2.75) is 44.2 Å². The smallest absolute Gasteiger partial charge is 0.315 e. The Hall–Kier alpha value is -1.59. The first-order valence-corrected chi connectivity index (χ1v) is 8.07. The van der Waals surface area contributed by atoms with Crippen LogP contribution in [0.3, 0.4) is 0 Å². The van der Waals surface area contributed by atoms with Crippen molar-refractivity contribution in [1.29, 1.82) is 0 Å². The largest absolute Gasteiger partial charge is 0.388 e. The lowest BCUT2D eigenvalue weighted by Crippen LogP contribution is -2.48. The predicted octanol–water partition coefficient (Wildman–Crippen LogP) is 1.52. The second-order valence-electron chi connectivity index (χ2n) is 6.33. The molecular formula is C17H24N2O3. The summed E-state index contributed by atoms with van der Waals surface area (Å²) in [4.78, 5) is 11.9.